The lowest BCUT2D eigenvalue weighted by atomic mass is 10.0. The van der Waals surface area contributed by atoms with Gasteiger partial charge >= 0.3 is 0 Å². The summed E-state index contributed by atoms with van der Waals surface area (Å²) in [5.41, 5.74) is 3.32. The van der Waals surface area contributed by atoms with Crippen LogP contribution in [0.3, 0.4) is 0 Å². The zero-order valence-corrected chi connectivity index (χ0v) is 15.8. The van der Waals surface area contributed by atoms with Gasteiger partial charge in [0.1, 0.15) is 6.10 Å². The molecule has 1 heterocycles. The van der Waals surface area contributed by atoms with Crippen LogP contribution in [-0.4, -0.2) is 11.7 Å². The average Bonchev–Trinajstić information content (AvgIpc) is 2.58. The number of ether oxygens (including phenoxy) is 1. The Morgan fingerprint density at radius 1 is 1.19 bits per heavy atom. The fourth-order valence-electron chi connectivity index (χ4n) is 2.74. The number of rotatable bonds is 3. The van der Waals surface area contributed by atoms with Gasteiger partial charge < -0.3 is 10.1 Å². The fourth-order valence-corrected chi connectivity index (χ4v) is 3.27. The molecule has 2 aromatic carbocycles. The lowest BCUT2D eigenvalue weighted by Crippen LogP contribution is -2.24. The standard InChI is InChI=1S/C20H17Cl2NO3/c1-11-4-3-5-17(12(11)2)23-20(25)19-10-14(24)9-18(26-19)15-7-6-13(21)8-16(15)22/h3-8,10,18H,9H2,1-2H3,(H,23,25)/t18-/m1/s1. The molecule has 0 saturated heterocycles. The smallest absolute Gasteiger partial charge is 0.290 e. The first-order valence-electron chi connectivity index (χ1n) is 8.09. The van der Waals surface area contributed by atoms with E-state index in [0.717, 1.165) is 11.1 Å². The van der Waals surface area contributed by atoms with Crippen molar-refractivity contribution in [1.29, 1.82) is 0 Å². The van der Waals surface area contributed by atoms with Crippen LogP contribution in [0.1, 0.15) is 29.2 Å². The summed E-state index contributed by atoms with van der Waals surface area (Å²) in [6.07, 6.45) is 0.708. The molecule has 4 nitrogen and oxygen atoms in total. The molecular weight excluding hydrogens is 373 g/mol. The number of anilines is 1. The number of halogens is 2. The average molecular weight is 390 g/mol. The zero-order chi connectivity index (χ0) is 18.8. The van der Waals surface area contributed by atoms with Crippen LogP contribution >= 0.6 is 23.2 Å². The van der Waals surface area contributed by atoms with Gasteiger partial charge in [-0.15, -0.1) is 0 Å². The molecule has 1 N–H and O–H groups in total. The zero-order valence-electron chi connectivity index (χ0n) is 14.3. The van der Waals surface area contributed by atoms with E-state index in [9.17, 15) is 9.59 Å². The number of allylic oxidation sites excluding steroid dienone is 1. The molecule has 2 aromatic rings. The number of benzene rings is 2. The van der Waals surface area contributed by atoms with Crippen LogP contribution in [0.5, 0.6) is 0 Å². The Labute approximate surface area is 161 Å². The number of ketones is 1. The predicted molar refractivity (Wildman–Crippen MR) is 103 cm³/mol. The molecule has 0 saturated carbocycles. The molecule has 1 atom stereocenters. The van der Waals surface area contributed by atoms with E-state index in [1.807, 2.05) is 26.0 Å². The van der Waals surface area contributed by atoms with Gasteiger partial charge in [-0.25, -0.2) is 0 Å². The number of hydrogen-bond acceptors (Lipinski definition) is 3. The molecule has 134 valence electrons. The van der Waals surface area contributed by atoms with Crippen molar-refractivity contribution in [2.24, 2.45) is 0 Å². The van der Waals surface area contributed by atoms with E-state index in [0.29, 0.717) is 21.3 Å². The molecule has 1 amide bonds. The first-order chi connectivity index (χ1) is 12.3. The van der Waals surface area contributed by atoms with Crippen LogP contribution in [0.25, 0.3) is 0 Å². The fraction of sp³-hybridized carbons (Fsp3) is 0.200. The molecule has 6 heteroatoms. The summed E-state index contributed by atoms with van der Waals surface area (Å²) in [4.78, 5) is 24.7. The Kier molecular flexibility index (Phi) is 5.35. The number of nitrogens with one attached hydrogen (secondary N) is 1. The van der Waals surface area contributed by atoms with Crippen LogP contribution in [-0.2, 0) is 14.3 Å². The summed E-state index contributed by atoms with van der Waals surface area (Å²) >= 11 is 12.1. The first-order valence-corrected chi connectivity index (χ1v) is 8.84. The van der Waals surface area contributed by atoms with Gasteiger partial charge in [0.15, 0.2) is 11.5 Å². The molecule has 0 spiro atoms. The largest absolute Gasteiger partial charge is 0.479 e. The minimum Gasteiger partial charge on any atom is -0.479 e. The molecule has 0 fully saturated rings. The summed E-state index contributed by atoms with van der Waals surface area (Å²) in [6.45, 7) is 3.88. The highest BCUT2D eigenvalue weighted by atomic mass is 35.5. The number of hydrogen-bond donors (Lipinski definition) is 1. The van der Waals surface area contributed by atoms with Crippen LogP contribution < -0.4 is 5.32 Å². The number of amides is 1. The van der Waals surface area contributed by atoms with Crippen molar-refractivity contribution in [3.8, 4) is 0 Å². The molecular formula is C20H17Cl2NO3. The molecule has 1 aliphatic heterocycles. The van der Waals surface area contributed by atoms with E-state index < -0.39 is 12.0 Å². The van der Waals surface area contributed by atoms with Crippen LogP contribution in [0.15, 0.2) is 48.2 Å². The molecule has 0 aromatic heterocycles. The molecule has 26 heavy (non-hydrogen) atoms. The molecule has 0 bridgehead atoms. The first kappa shape index (κ1) is 18.5. The Balaban J connectivity index is 1.82. The van der Waals surface area contributed by atoms with Crippen molar-refractivity contribution >= 4 is 40.6 Å². The summed E-state index contributed by atoms with van der Waals surface area (Å²) in [7, 11) is 0. The van der Waals surface area contributed by atoms with Crippen molar-refractivity contribution in [1.82, 2.24) is 0 Å². The van der Waals surface area contributed by atoms with Crippen molar-refractivity contribution in [2.75, 3.05) is 5.32 Å². The summed E-state index contributed by atoms with van der Waals surface area (Å²) in [6, 6.07) is 10.6. The van der Waals surface area contributed by atoms with Gasteiger partial charge in [0.05, 0.1) is 6.42 Å². The van der Waals surface area contributed by atoms with Crippen molar-refractivity contribution in [3.63, 3.8) is 0 Å². The molecule has 0 radical (unpaired) electrons. The molecule has 3 rings (SSSR count). The second-order valence-corrected chi connectivity index (χ2v) is 7.00. The van der Waals surface area contributed by atoms with Crippen LogP contribution in [0, 0.1) is 13.8 Å². The van der Waals surface area contributed by atoms with Gasteiger partial charge in [-0.05, 0) is 43.2 Å². The second kappa shape index (κ2) is 7.52. The highest BCUT2D eigenvalue weighted by Gasteiger charge is 2.28. The van der Waals surface area contributed by atoms with E-state index in [1.54, 1.807) is 24.3 Å². The lowest BCUT2D eigenvalue weighted by Gasteiger charge is -2.24. The number of carbonyl (C=O) groups excluding carboxylic acids is 2. The van der Waals surface area contributed by atoms with Gasteiger partial charge in [-0.2, -0.15) is 0 Å². The maximum atomic E-state index is 12.6. The SMILES string of the molecule is Cc1cccc(NC(=O)C2=CC(=O)C[C@H](c3ccc(Cl)cc3Cl)O2)c1C. The molecule has 0 aliphatic carbocycles. The molecule has 1 aliphatic rings. The predicted octanol–water partition coefficient (Wildman–Crippen LogP) is 5.16. The minimum atomic E-state index is -0.628. The maximum absolute atomic E-state index is 12.6. The summed E-state index contributed by atoms with van der Waals surface area (Å²) < 4.78 is 5.77. The van der Waals surface area contributed by atoms with E-state index in [4.69, 9.17) is 27.9 Å². The summed E-state index contributed by atoms with van der Waals surface area (Å²) in [5, 5.41) is 3.68. The molecule has 0 unspecified atom stereocenters. The Morgan fingerprint density at radius 2 is 1.96 bits per heavy atom. The van der Waals surface area contributed by atoms with E-state index in [2.05, 4.69) is 5.32 Å². The van der Waals surface area contributed by atoms with Gasteiger partial charge in [-0.3, -0.25) is 9.59 Å². The minimum absolute atomic E-state index is 0.0295. The van der Waals surface area contributed by atoms with Gasteiger partial charge in [0.25, 0.3) is 5.91 Å². The Morgan fingerprint density at radius 3 is 2.69 bits per heavy atom. The van der Waals surface area contributed by atoms with Crippen LogP contribution in [0.2, 0.25) is 10.0 Å². The summed E-state index contributed by atoms with van der Waals surface area (Å²) in [5.74, 6) is -0.696. The lowest BCUT2D eigenvalue weighted by molar-refractivity contribution is -0.124. The third-order valence-corrected chi connectivity index (χ3v) is 4.90. The topological polar surface area (TPSA) is 55.4 Å². The monoisotopic (exact) mass is 389 g/mol. The Bertz CT molecular complexity index is 921. The van der Waals surface area contributed by atoms with Gasteiger partial charge in [0.2, 0.25) is 0 Å². The third-order valence-electron chi connectivity index (χ3n) is 4.33. The quantitative estimate of drug-likeness (QED) is 0.787. The van der Waals surface area contributed by atoms with E-state index in [-0.39, 0.29) is 18.0 Å². The Hall–Kier alpha value is -2.30. The van der Waals surface area contributed by atoms with Gasteiger partial charge in [0, 0.05) is 27.4 Å². The van der Waals surface area contributed by atoms with E-state index in [1.165, 1.54) is 6.08 Å². The van der Waals surface area contributed by atoms with Crippen molar-refractivity contribution < 1.29 is 14.3 Å². The highest BCUT2D eigenvalue weighted by Crippen LogP contribution is 2.34. The van der Waals surface area contributed by atoms with E-state index >= 15 is 0 Å². The second-order valence-electron chi connectivity index (χ2n) is 6.15. The van der Waals surface area contributed by atoms with Gasteiger partial charge in [-0.1, -0.05) is 41.4 Å². The van der Waals surface area contributed by atoms with Crippen molar-refractivity contribution in [3.05, 3.63) is 75.0 Å². The number of carbonyl (C=O) groups is 2. The maximum Gasteiger partial charge on any atom is 0.290 e. The van der Waals surface area contributed by atoms with Crippen LogP contribution in [0.4, 0.5) is 5.69 Å². The van der Waals surface area contributed by atoms with Crippen molar-refractivity contribution in [2.45, 2.75) is 26.4 Å². The highest BCUT2D eigenvalue weighted by molar-refractivity contribution is 6.35. The number of aryl methyl sites for hydroxylation is 1. The third kappa shape index (κ3) is 3.92. The normalized spacial score (nSPS) is 16.7.